The number of rotatable bonds is 20. The molecule has 0 unspecified atom stereocenters. The second kappa shape index (κ2) is 36.3. The molecule has 0 aromatic heterocycles. The van der Waals surface area contributed by atoms with Crippen molar-refractivity contribution < 1.29 is 63.5 Å². The molecule has 31 heavy (non-hydrogen) atoms. The zero-order chi connectivity index (χ0) is 23.8. The van der Waals surface area contributed by atoms with Gasteiger partial charge in [0.15, 0.2) is 0 Å². The lowest BCUT2D eigenvalue weighted by molar-refractivity contribution is 0.00229. The average Bonchev–Trinajstić information content (AvgIpc) is 2.78. The summed E-state index contributed by atoms with van der Waals surface area (Å²) in [5, 5.41) is 40.9. The molecule has 0 atom stereocenters. The van der Waals surface area contributed by atoms with Crippen LogP contribution in [0.4, 0.5) is 4.79 Å². The first-order chi connectivity index (χ1) is 15.1. The molecule has 0 aliphatic rings. The summed E-state index contributed by atoms with van der Waals surface area (Å²) in [6.07, 6.45) is -1.25. The molecule has 0 saturated heterocycles. The first-order valence-electron chi connectivity index (χ1n) is 9.77. The van der Waals surface area contributed by atoms with E-state index in [9.17, 15) is 0 Å². The number of carboxylic acid groups (broad SMARTS) is 1. The van der Waals surface area contributed by atoms with E-state index in [2.05, 4.69) is 4.74 Å². The highest BCUT2D eigenvalue weighted by Gasteiger charge is 1.91. The molecular formula is C18H40O13. The molecule has 0 aromatic carbocycles. The highest BCUT2D eigenvalue weighted by Crippen LogP contribution is 1.81. The Kier molecular flexibility index (Phi) is 40.3. The summed E-state index contributed by atoms with van der Waals surface area (Å²) in [7, 11) is 1.10. The summed E-state index contributed by atoms with van der Waals surface area (Å²) >= 11 is 0. The summed E-state index contributed by atoms with van der Waals surface area (Å²) in [6, 6.07) is 0. The molecule has 0 aliphatic carbocycles. The minimum atomic E-state index is -1.25. The van der Waals surface area contributed by atoms with Crippen molar-refractivity contribution >= 4 is 6.16 Å². The van der Waals surface area contributed by atoms with E-state index >= 15 is 0 Å². The van der Waals surface area contributed by atoms with Crippen LogP contribution in [0.3, 0.4) is 0 Å². The normalized spacial score (nSPS) is 9.97. The second-order valence-electron chi connectivity index (χ2n) is 5.04. The second-order valence-corrected chi connectivity index (χ2v) is 5.04. The first-order valence-corrected chi connectivity index (χ1v) is 9.77. The molecule has 13 heteroatoms. The van der Waals surface area contributed by atoms with E-state index in [0.29, 0.717) is 79.3 Å². The lowest BCUT2D eigenvalue weighted by Crippen LogP contribution is -2.11. The first kappa shape index (κ1) is 34.5. The molecule has 0 saturated carbocycles. The minimum Gasteiger partial charge on any atom is -0.450 e. The summed E-state index contributed by atoms with van der Waals surface area (Å²) in [5.74, 6) is 0. The van der Waals surface area contributed by atoms with Crippen LogP contribution in [0.1, 0.15) is 0 Å². The van der Waals surface area contributed by atoms with Crippen molar-refractivity contribution in [1.82, 2.24) is 0 Å². The number of ether oxygens (including phenoxy) is 7. The molecule has 0 aromatic rings. The van der Waals surface area contributed by atoms with E-state index in [0.717, 1.165) is 7.11 Å². The van der Waals surface area contributed by atoms with Gasteiger partial charge in [-0.25, -0.2) is 4.79 Å². The van der Waals surface area contributed by atoms with Crippen molar-refractivity contribution in [3.05, 3.63) is 0 Å². The Hall–Kier alpha value is -1.13. The highest BCUT2D eigenvalue weighted by molar-refractivity contribution is 5.56. The van der Waals surface area contributed by atoms with E-state index < -0.39 is 6.16 Å². The number of hydrogen-bond acceptors (Lipinski definition) is 12. The standard InChI is InChI=1S/2C8H18O5.C2H4O3/c2*9-1-3-11-5-7-13-8-6-12-4-2-10;1-5-2(3)4/h2*9-10H,1-8H2;1H3,(H,3,4). The zero-order valence-corrected chi connectivity index (χ0v) is 18.3. The minimum absolute atomic E-state index is 0.0413. The predicted molar refractivity (Wildman–Crippen MR) is 108 cm³/mol. The van der Waals surface area contributed by atoms with Gasteiger partial charge in [0.2, 0.25) is 0 Å². The van der Waals surface area contributed by atoms with Crippen molar-refractivity contribution in [3.8, 4) is 0 Å². The van der Waals surface area contributed by atoms with Crippen molar-refractivity contribution in [2.45, 2.75) is 0 Å². The Morgan fingerprint density at radius 1 is 0.484 bits per heavy atom. The summed E-state index contributed by atoms with van der Waals surface area (Å²) in [4.78, 5) is 9.15. The van der Waals surface area contributed by atoms with Gasteiger partial charge < -0.3 is 58.7 Å². The van der Waals surface area contributed by atoms with Gasteiger partial charge in [-0.1, -0.05) is 0 Å². The van der Waals surface area contributed by atoms with Crippen molar-refractivity contribution in [2.24, 2.45) is 0 Å². The maximum atomic E-state index is 9.15. The highest BCUT2D eigenvalue weighted by atomic mass is 16.6. The van der Waals surface area contributed by atoms with Crippen LogP contribution < -0.4 is 0 Å². The van der Waals surface area contributed by atoms with Crippen LogP contribution in [0.2, 0.25) is 0 Å². The summed E-state index contributed by atoms with van der Waals surface area (Å²) < 4.78 is 33.7. The molecule has 0 spiro atoms. The lowest BCUT2D eigenvalue weighted by atomic mass is 10.7. The van der Waals surface area contributed by atoms with Gasteiger partial charge in [0.25, 0.3) is 0 Å². The van der Waals surface area contributed by atoms with E-state index in [-0.39, 0.29) is 26.4 Å². The Morgan fingerprint density at radius 2 is 0.645 bits per heavy atom. The fourth-order valence-corrected chi connectivity index (χ4v) is 1.34. The van der Waals surface area contributed by atoms with Crippen LogP contribution in [-0.2, 0) is 33.2 Å². The van der Waals surface area contributed by atoms with E-state index in [1.807, 2.05) is 0 Å². The molecule has 190 valence electrons. The van der Waals surface area contributed by atoms with Crippen molar-refractivity contribution in [3.63, 3.8) is 0 Å². The Labute approximate surface area is 183 Å². The number of aliphatic hydroxyl groups is 4. The molecule has 0 aliphatic heterocycles. The Bertz CT molecular complexity index is 266. The maximum absolute atomic E-state index is 9.15. The third-order valence-electron chi connectivity index (χ3n) is 2.61. The lowest BCUT2D eigenvalue weighted by Gasteiger charge is -2.04. The number of aliphatic hydroxyl groups excluding tert-OH is 4. The molecule has 0 fully saturated rings. The molecule has 5 N–H and O–H groups in total. The van der Waals surface area contributed by atoms with Crippen molar-refractivity contribution in [1.29, 1.82) is 0 Å². The Balaban J connectivity index is -0.000000416. The number of methoxy groups -OCH3 is 1. The van der Waals surface area contributed by atoms with Crippen LogP contribution >= 0.6 is 0 Å². The van der Waals surface area contributed by atoms with Crippen molar-refractivity contribution in [2.75, 3.05) is 113 Å². The topological polar surface area (TPSA) is 183 Å². The van der Waals surface area contributed by atoms with Crippen LogP contribution in [0.15, 0.2) is 0 Å². The molecule has 0 amide bonds. The van der Waals surface area contributed by atoms with E-state index in [1.54, 1.807) is 0 Å². The molecule has 0 bridgehead atoms. The Morgan fingerprint density at radius 3 is 0.774 bits per heavy atom. The quantitative estimate of drug-likeness (QED) is 0.102. The SMILES string of the molecule is COC(=O)O.OCCOCCOCCOCCO.OCCOCCOCCOCCO. The van der Waals surface area contributed by atoms with Crippen LogP contribution in [0.5, 0.6) is 0 Å². The molecule has 0 heterocycles. The molecular weight excluding hydrogens is 424 g/mol. The molecule has 0 rings (SSSR count). The summed E-state index contributed by atoms with van der Waals surface area (Å²) in [5.41, 5.74) is 0. The van der Waals surface area contributed by atoms with Gasteiger partial charge >= 0.3 is 6.16 Å². The zero-order valence-electron chi connectivity index (χ0n) is 18.3. The maximum Gasteiger partial charge on any atom is 0.505 e. The van der Waals surface area contributed by atoms with Gasteiger partial charge in [0, 0.05) is 0 Å². The van der Waals surface area contributed by atoms with Gasteiger partial charge in [0.05, 0.1) is 113 Å². The predicted octanol–water partition coefficient (Wildman–Crippen LogP) is -1.65. The molecule has 13 nitrogen and oxygen atoms in total. The fourth-order valence-electron chi connectivity index (χ4n) is 1.34. The van der Waals surface area contributed by atoms with Crippen LogP contribution in [0.25, 0.3) is 0 Å². The average molecular weight is 465 g/mol. The summed E-state index contributed by atoms with van der Waals surface area (Å²) in [6.45, 7) is 5.53. The van der Waals surface area contributed by atoms with Gasteiger partial charge in [0.1, 0.15) is 0 Å². The van der Waals surface area contributed by atoms with Gasteiger partial charge in [-0.3, -0.25) is 0 Å². The smallest absolute Gasteiger partial charge is 0.450 e. The largest absolute Gasteiger partial charge is 0.505 e. The van der Waals surface area contributed by atoms with Gasteiger partial charge in [-0.05, 0) is 0 Å². The fraction of sp³-hybridized carbons (Fsp3) is 0.944. The van der Waals surface area contributed by atoms with Crippen LogP contribution in [0, 0.1) is 0 Å². The molecule has 0 radical (unpaired) electrons. The van der Waals surface area contributed by atoms with Gasteiger partial charge in [-0.2, -0.15) is 0 Å². The number of carbonyl (C=O) groups is 1. The van der Waals surface area contributed by atoms with E-state index in [4.69, 9.17) is 58.7 Å². The van der Waals surface area contributed by atoms with Crippen LogP contribution in [-0.4, -0.2) is 145 Å². The van der Waals surface area contributed by atoms with E-state index in [1.165, 1.54) is 0 Å². The third-order valence-corrected chi connectivity index (χ3v) is 2.61. The monoisotopic (exact) mass is 464 g/mol. The third kappa shape index (κ3) is 47.9. The number of hydrogen-bond donors (Lipinski definition) is 5. The van der Waals surface area contributed by atoms with Gasteiger partial charge in [-0.15, -0.1) is 0 Å².